The smallest absolute Gasteiger partial charge is 0.135 e. The van der Waals surface area contributed by atoms with Crippen LogP contribution in [-0.4, -0.2) is 31.2 Å². The summed E-state index contributed by atoms with van der Waals surface area (Å²) >= 11 is 0. The van der Waals surface area contributed by atoms with Crippen molar-refractivity contribution in [2.45, 2.75) is 0 Å². The van der Waals surface area contributed by atoms with Gasteiger partial charge >= 0.3 is 0 Å². The zero-order valence-electron chi connectivity index (χ0n) is 9.60. The molecule has 2 aromatic heterocycles. The van der Waals surface area contributed by atoms with Gasteiger partial charge < -0.3 is 14.6 Å². The Balaban J connectivity index is 1.88. The molecule has 17 heavy (non-hydrogen) atoms. The van der Waals surface area contributed by atoms with Gasteiger partial charge in [-0.25, -0.2) is 0 Å². The van der Waals surface area contributed by atoms with Gasteiger partial charge in [0.2, 0.25) is 0 Å². The molecule has 0 unspecified atom stereocenters. The Labute approximate surface area is 100 Å². The number of pyridine rings is 1. The molecule has 0 aromatic carbocycles. The van der Waals surface area contributed by atoms with E-state index in [4.69, 9.17) is 4.42 Å². The molecule has 0 saturated carbocycles. The lowest BCUT2D eigenvalue weighted by Crippen LogP contribution is -2.43. The molecule has 1 aliphatic heterocycles. The van der Waals surface area contributed by atoms with E-state index in [-0.39, 0.29) is 0 Å². The van der Waals surface area contributed by atoms with Crippen molar-refractivity contribution in [2.75, 3.05) is 31.1 Å². The molecule has 4 heteroatoms. The van der Waals surface area contributed by atoms with Crippen LogP contribution in [0, 0.1) is 0 Å². The van der Waals surface area contributed by atoms with Gasteiger partial charge in [-0.1, -0.05) is 0 Å². The minimum Gasteiger partial charge on any atom is -0.464 e. The van der Waals surface area contributed by atoms with Crippen LogP contribution in [0.2, 0.25) is 0 Å². The standard InChI is InChI=1S/C13H15N3O/c1-2-13(17-7-1)11-8-12(10-15-9-11)16-5-3-14-4-6-16/h1-2,7-10,14H,3-6H2. The highest BCUT2D eigenvalue weighted by Crippen LogP contribution is 2.23. The summed E-state index contributed by atoms with van der Waals surface area (Å²) in [5, 5.41) is 3.35. The maximum atomic E-state index is 5.39. The lowest BCUT2D eigenvalue weighted by Gasteiger charge is -2.29. The van der Waals surface area contributed by atoms with E-state index in [0.717, 1.165) is 37.5 Å². The van der Waals surface area contributed by atoms with Crippen molar-refractivity contribution in [1.29, 1.82) is 0 Å². The first-order valence-corrected chi connectivity index (χ1v) is 5.88. The molecule has 1 fully saturated rings. The summed E-state index contributed by atoms with van der Waals surface area (Å²) < 4.78 is 5.39. The zero-order valence-corrected chi connectivity index (χ0v) is 9.60. The van der Waals surface area contributed by atoms with Gasteiger partial charge in [-0.05, 0) is 18.2 Å². The first-order valence-electron chi connectivity index (χ1n) is 5.88. The van der Waals surface area contributed by atoms with Crippen molar-refractivity contribution in [3.8, 4) is 11.3 Å². The van der Waals surface area contributed by atoms with Gasteiger partial charge in [0.05, 0.1) is 18.1 Å². The van der Waals surface area contributed by atoms with E-state index >= 15 is 0 Å². The second-order valence-electron chi connectivity index (χ2n) is 4.15. The van der Waals surface area contributed by atoms with E-state index in [1.165, 1.54) is 5.69 Å². The van der Waals surface area contributed by atoms with Crippen LogP contribution in [0.3, 0.4) is 0 Å². The average molecular weight is 229 g/mol. The van der Waals surface area contributed by atoms with Crippen molar-refractivity contribution in [3.05, 3.63) is 36.9 Å². The molecule has 0 amide bonds. The van der Waals surface area contributed by atoms with Crippen LogP contribution in [0.15, 0.2) is 41.3 Å². The van der Waals surface area contributed by atoms with Crippen LogP contribution in [-0.2, 0) is 0 Å². The van der Waals surface area contributed by atoms with Crippen LogP contribution < -0.4 is 10.2 Å². The molecule has 3 heterocycles. The third-order valence-electron chi connectivity index (χ3n) is 3.01. The van der Waals surface area contributed by atoms with Crippen molar-refractivity contribution >= 4 is 5.69 Å². The fourth-order valence-electron chi connectivity index (χ4n) is 2.10. The minimum absolute atomic E-state index is 0.870. The van der Waals surface area contributed by atoms with Crippen molar-refractivity contribution in [1.82, 2.24) is 10.3 Å². The summed E-state index contributed by atoms with van der Waals surface area (Å²) in [5.41, 5.74) is 2.20. The van der Waals surface area contributed by atoms with E-state index in [1.807, 2.05) is 24.5 Å². The summed E-state index contributed by atoms with van der Waals surface area (Å²) in [6.45, 7) is 4.13. The summed E-state index contributed by atoms with van der Waals surface area (Å²) in [7, 11) is 0. The van der Waals surface area contributed by atoms with Gasteiger partial charge in [0.25, 0.3) is 0 Å². The van der Waals surface area contributed by atoms with Crippen LogP contribution >= 0.6 is 0 Å². The Kier molecular flexibility index (Phi) is 2.80. The number of piperazine rings is 1. The van der Waals surface area contributed by atoms with Crippen molar-refractivity contribution in [2.24, 2.45) is 0 Å². The molecular weight excluding hydrogens is 214 g/mol. The number of aromatic nitrogens is 1. The van der Waals surface area contributed by atoms with Crippen LogP contribution in [0.5, 0.6) is 0 Å². The molecule has 0 aliphatic carbocycles. The SMILES string of the molecule is c1coc(-c2cncc(N3CCNCC3)c2)c1. The van der Waals surface area contributed by atoms with E-state index in [1.54, 1.807) is 6.26 Å². The molecule has 0 spiro atoms. The average Bonchev–Trinajstić information content (AvgIpc) is 2.94. The number of nitrogens with one attached hydrogen (secondary N) is 1. The minimum atomic E-state index is 0.870. The summed E-state index contributed by atoms with van der Waals surface area (Å²) in [4.78, 5) is 6.64. The predicted octanol–water partition coefficient (Wildman–Crippen LogP) is 1.75. The normalized spacial score (nSPS) is 16.1. The highest BCUT2D eigenvalue weighted by Gasteiger charge is 2.11. The fraction of sp³-hybridized carbons (Fsp3) is 0.308. The van der Waals surface area contributed by atoms with E-state index in [2.05, 4.69) is 21.3 Å². The van der Waals surface area contributed by atoms with Crippen LogP contribution in [0.4, 0.5) is 5.69 Å². The molecular formula is C13H15N3O. The molecule has 0 atom stereocenters. The Bertz CT molecular complexity index is 475. The Hall–Kier alpha value is -1.81. The highest BCUT2D eigenvalue weighted by atomic mass is 16.3. The van der Waals surface area contributed by atoms with Crippen molar-refractivity contribution < 1.29 is 4.42 Å². The molecule has 0 bridgehead atoms. The third kappa shape index (κ3) is 2.17. The summed E-state index contributed by atoms with van der Waals surface area (Å²) in [5.74, 6) is 0.870. The van der Waals surface area contributed by atoms with Crippen LogP contribution in [0.25, 0.3) is 11.3 Å². The maximum Gasteiger partial charge on any atom is 0.135 e. The Morgan fingerprint density at radius 1 is 1.24 bits per heavy atom. The first-order chi connectivity index (χ1) is 8.43. The summed E-state index contributed by atoms with van der Waals surface area (Å²) in [6, 6.07) is 5.99. The van der Waals surface area contributed by atoms with E-state index in [9.17, 15) is 0 Å². The number of nitrogens with zero attached hydrogens (tertiary/aromatic N) is 2. The maximum absolute atomic E-state index is 5.39. The fourth-order valence-corrected chi connectivity index (χ4v) is 2.10. The molecule has 2 aromatic rings. The summed E-state index contributed by atoms with van der Waals surface area (Å²) in [6.07, 6.45) is 5.44. The number of rotatable bonds is 2. The van der Waals surface area contributed by atoms with E-state index in [0.29, 0.717) is 0 Å². The highest BCUT2D eigenvalue weighted by molar-refractivity contribution is 5.62. The van der Waals surface area contributed by atoms with Gasteiger partial charge in [0, 0.05) is 37.9 Å². The topological polar surface area (TPSA) is 41.3 Å². The number of hydrogen-bond acceptors (Lipinski definition) is 4. The molecule has 1 aliphatic rings. The monoisotopic (exact) mass is 229 g/mol. The molecule has 88 valence electrons. The van der Waals surface area contributed by atoms with Gasteiger partial charge in [0.1, 0.15) is 5.76 Å². The molecule has 1 N–H and O–H groups in total. The first kappa shape index (κ1) is 10.4. The van der Waals surface area contributed by atoms with Gasteiger partial charge in [-0.2, -0.15) is 0 Å². The predicted molar refractivity (Wildman–Crippen MR) is 67.0 cm³/mol. The Morgan fingerprint density at radius 3 is 2.88 bits per heavy atom. The molecule has 3 rings (SSSR count). The van der Waals surface area contributed by atoms with Gasteiger partial charge in [-0.3, -0.25) is 4.98 Å². The number of anilines is 1. The second-order valence-corrected chi connectivity index (χ2v) is 4.15. The molecule has 4 nitrogen and oxygen atoms in total. The van der Waals surface area contributed by atoms with Crippen molar-refractivity contribution in [3.63, 3.8) is 0 Å². The lowest BCUT2D eigenvalue weighted by atomic mass is 10.2. The number of furan rings is 1. The largest absolute Gasteiger partial charge is 0.464 e. The molecule has 0 radical (unpaired) electrons. The quantitative estimate of drug-likeness (QED) is 0.851. The Morgan fingerprint density at radius 2 is 2.12 bits per heavy atom. The zero-order chi connectivity index (χ0) is 11.5. The second kappa shape index (κ2) is 4.59. The third-order valence-corrected chi connectivity index (χ3v) is 3.01. The molecule has 1 saturated heterocycles. The number of hydrogen-bond donors (Lipinski definition) is 1. The van der Waals surface area contributed by atoms with Gasteiger partial charge in [-0.15, -0.1) is 0 Å². The van der Waals surface area contributed by atoms with Crippen LogP contribution in [0.1, 0.15) is 0 Å². The van der Waals surface area contributed by atoms with E-state index < -0.39 is 0 Å². The lowest BCUT2D eigenvalue weighted by molar-refractivity contribution is 0.580. The van der Waals surface area contributed by atoms with Gasteiger partial charge in [0.15, 0.2) is 0 Å².